The first-order valence-corrected chi connectivity index (χ1v) is 9.02. The Labute approximate surface area is 158 Å². The number of piperazine rings is 1. The van der Waals surface area contributed by atoms with Crippen LogP contribution < -0.4 is 9.64 Å². The van der Waals surface area contributed by atoms with Gasteiger partial charge in [-0.1, -0.05) is 6.07 Å². The van der Waals surface area contributed by atoms with E-state index in [4.69, 9.17) is 4.74 Å². The maximum atomic E-state index is 5.12. The molecule has 0 aromatic carbocycles. The van der Waals surface area contributed by atoms with E-state index in [9.17, 15) is 0 Å². The maximum Gasteiger partial charge on any atom is 0.212 e. The highest BCUT2D eigenvalue weighted by molar-refractivity contribution is 5.43. The molecule has 8 heteroatoms. The van der Waals surface area contributed by atoms with Crippen molar-refractivity contribution in [2.75, 3.05) is 38.2 Å². The molecule has 4 heterocycles. The molecule has 3 aromatic heterocycles. The van der Waals surface area contributed by atoms with Gasteiger partial charge in [0.2, 0.25) is 5.88 Å². The summed E-state index contributed by atoms with van der Waals surface area (Å²) in [5, 5.41) is 4.42. The summed E-state index contributed by atoms with van der Waals surface area (Å²) in [6.07, 6.45) is 5.41. The number of hydrogen-bond acceptors (Lipinski definition) is 7. The molecule has 0 bridgehead atoms. The predicted molar refractivity (Wildman–Crippen MR) is 102 cm³/mol. The quantitative estimate of drug-likeness (QED) is 0.681. The lowest BCUT2D eigenvalue weighted by atomic mass is 10.2. The van der Waals surface area contributed by atoms with Crippen LogP contribution in [0.1, 0.15) is 11.3 Å². The third kappa shape index (κ3) is 4.06. The second kappa shape index (κ2) is 7.71. The average molecular weight is 365 g/mol. The van der Waals surface area contributed by atoms with Crippen LogP contribution in [0, 0.1) is 6.92 Å². The fourth-order valence-electron chi connectivity index (χ4n) is 3.20. The van der Waals surface area contributed by atoms with Crippen molar-refractivity contribution in [3.63, 3.8) is 0 Å². The van der Waals surface area contributed by atoms with E-state index in [2.05, 4.69) is 35.9 Å². The molecule has 0 unspecified atom stereocenters. The standard InChI is InChI=1S/C19H23N7O/c1-15-5-6-26(23-15)18-11-17(21-14-22-18)25-9-7-24(8-10-25)13-16-3-4-19(27-2)20-12-16/h3-6,11-12,14H,7-10,13H2,1-2H3. The molecular weight excluding hydrogens is 342 g/mol. The van der Waals surface area contributed by atoms with Crippen molar-refractivity contribution in [1.82, 2.24) is 29.6 Å². The van der Waals surface area contributed by atoms with Gasteiger partial charge in [-0.3, -0.25) is 4.90 Å². The zero-order chi connectivity index (χ0) is 18.6. The Kier molecular flexibility index (Phi) is 4.97. The van der Waals surface area contributed by atoms with Gasteiger partial charge in [-0.15, -0.1) is 0 Å². The van der Waals surface area contributed by atoms with E-state index in [1.165, 1.54) is 5.56 Å². The zero-order valence-electron chi connectivity index (χ0n) is 15.6. The van der Waals surface area contributed by atoms with Gasteiger partial charge in [-0.05, 0) is 18.6 Å². The Morgan fingerprint density at radius 3 is 2.48 bits per heavy atom. The molecule has 0 N–H and O–H groups in total. The lowest BCUT2D eigenvalue weighted by Crippen LogP contribution is -2.46. The van der Waals surface area contributed by atoms with Crippen molar-refractivity contribution in [2.45, 2.75) is 13.5 Å². The monoisotopic (exact) mass is 365 g/mol. The van der Waals surface area contributed by atoms with Gasteiger partial charge in [-0.25, -0.2) is 19.6 Å². The molecule has 1 aliphatic heterocycles. The molecule has 0 radical (unpaired) electrons. The minimum absolute atomic E-state index is 0.649. The Bertz CT molecular complexity index is 885. The number of methoxy groups -OCH3 is 1. The van der Waals surface area contributed by atoms with Crippen LogP contribution in [0.4, 0.5) is 5.82 Å². The number of rotatable bonds is 5. The van der Waals surface area contributed by atoms with Gasteiger partial charge in [0.05, 0.1) is 12.8 Å². The number of hydrogen-bond donors (Lipinski definition) is 0. The lowest BCUT2D eigenvalue weighted by Gasteiger charge is -2.35. The molecule has 0 amide bonds. The van der Waals surface area contributed by atoms with Crippen LogP contribution in [-0.4, -0.2) is 62.9 Å². The fourth-order valence-corrected chi connectivity index (χ4v) is 3.20. The van der Waals surface area contributed by atoms with Crippen LogP contribution in [0.15, 0.2) is 43.0 Å². The van der Waals surface area contributed by atoms with E-state index >= 15 is 0 Å². The first kappa shape index (κ1) is 17.4. The minimum Gasteiger partial charge on any atom is -0.481 e. The normalized spacial score (nSPS) is 15.1. The Morgan fingerprint density at radius 2 is 1.81 bits per heavy atom. The smallest absolute Gasteiger partial charge is 0.212 e. The Morgan fingerprint density at radius 1 is 1.00 bits per heavy atom. The van der Waals surface area contributed by atoms with E-state index in [0.717, 1.165) is 50.1 Å². The summed E-state index contributed by atoms with van der Waals surface area (Å²) in [6, 6.07) is 7.94. The van der Waals surface area contributed by atoms with Crippen molar-refractivity contribution in [1.29, 1.82) is 0 Å². The van der Waals surface area contributed by atoms with Gasteiger partial charge in [0.25, 0.3) is 0 Å². The van der Waals surface area contributed by atoms with Gasteiger partial charge >= 0.3 is 0 Å². The highest BCUT2D eigenvalue weighted by atomic mass is 16.5. The summed E-state index contributed by atoms with van der Waals surface area (Å²) in [5.41, 5.74) is 2.17. The molecule has 0 spiro atoms. The van der Waals surface area contributed by atoms with Crippen LogP contribution in [0.5, 0.6) is 5.88 Å². The topological polar surface area (TPSA) is 72.2 Å². The summed E-state index contributed by atoms with van der Waals surface area (Å²) in [4.78, 5) is 17.8. The maximum absolute atomic E-state index is 5.12. The number of ether oxygens (including phenoxy) is 1. The van der Waals surface area contributed by atoms with Gasteiger partial charge in [0.1, 0.15) is 12.1 Å². The molecule has 27 heavy (non-hydrogen) atoms. The van der Waals surface area contributed by atoms with Crippen LogP contribution >= 0.6 is 0 Å². The zero-order valence-corrected chi connectivity index (χ0v) is 15.6. The molecule has 0 atom stereocenters. The number of aromatic nitrogens is 5. The van der Waals surface area contributed by atoms with Gasteiger partial charge in [0, 0.05) is 57.3 Å². The largest absolute Gasteiger partial charge is 0.481 e. The summed E-state index contributed by atoms with van der Waals surface area (Å²) in [5.74, 6) is 2.38. The van der Waals surface area contributed by atoms with E-state index in [1.54, 1.807) is 18.1 Å². The van der Waals surface area contributed by atoms with Gasteiger partial charge < -0.3 is 9.64 Å². The molecule has 4 rings (SSSR count). The summed E-state index contributed by atoms with van der Waals surface area (Å²) in [7, 11) is 1.63. The molecule has 0 aliphatic carbocycles. The molecule has 1 saturated heterocycles. The minimum atomic E-state index is 0.649. The number of aryl methyl sites for hydroxylation is 1. The molecule has 1 aliphatic rings. The third-order valence-corrected chi connectivity index (χ3v) is 4.70. The van der Waals surface area contributed by atoms with E-state index in [0.29, 0.717) is 5.88 Å². The highest BCUT2D eigenvalue weighted by Crippen LogP contribution is 2.17. The molecule has 8 nitrogen and oxygen atoms in total. The second-order valence-corrected chi connectivity index (χ2v) is 6.61. The lowest BCUT2D eigenvalue weighted by molar-refractivity contribution is 0.249. The first-order valence-electron chi connectivity index (χ1n) is 9.02. The number of pyridine rings is 1. The fraction of sp³-hybridized carbons (Fsp3) is 0.368. The molecule has 140 valence electrons. The van der Waals surface area contributed by atoms with E-state index in [1.807, 2.05) is 37.5 Å². The van der Waals surface area contributed by atoms with Gasteiger partial charge in [-0.2, -0.15) is 5.10 Å². The number of anilines is 1. The third-order valence-electron chi connectivity index (χ3n) is 4.70. The SMILES string of the molecule is COc1ccc(CN2CCN(c3cc(-n4ccc(C)n4)ncn3)CC2)cn1. The Hall–Kier alpha value is -3.00. The molecule has 3 aromatic rings. The highest BCUT2D eigenvalue weighted by Gasteiger charge is 2.19. The molecular formula is C19H23N7O. The summed E-state index contributed by atoms with van der Waals surface area (Å²) in [6.45, 7) is 6.68. The van der Waals surface area contributed by atoms with Crippen LogP contribution in [0.3, 0.4) is 0 Å². The van der Waals surface area contributed by atoms with Crippen LogP contribution in [-0.2, 0) is 6.54 Å². The van der Waals surface area contributed by atoms with Crippen molar-refractivity contribution in [3.8, 4) is 11.7 Å². The van der Waals surface area contributed by atoms with E-state index < -0.39 is 0 Å². The van der Waals surface area contributed by atoms with Crippen molar-refractivity contribution >= 4 is 5.82 Å². The van der Waals surface area contributed by atoms with Crippen LogP contribution in [0.2, 0.25) is 0 Å². The second-order valence-electron chi connectivity index (χ2n) is 6.61. The van der Waals surface area contributed by atoms with Crippen LogP contribution in [0.25, 0.3) is 5.82 Å². The Balaban J connectivity index is 1.37. The molecule has 0 saturated carbocycles. The van der Waals surface area contributed by atoms with Crippen molar-refractivity contribution < 1.29 is 4.74 Å². The molecule has 1 fully saturated rings. The van der Waals surface area contributed by atoms with E-state index in [-0.39, 0.29) is 0 Å². The number of nitrogens with zero attached hydrogens (tertiary/aromatic N) is 7. The van der Waals surface area contributed by atoms with Crippen molar-refractivity contribution in [2.24, 2.45) is 0 Å². The summed E-state index contributed by atoms with van der Waals surface area (Å²) >= 11 is 0. The van der Waals surface area contributed by atoms with Gasteiger partial charge in [0.15, 0.2) is 5.82 Å². The first-order chi connectivity index (χ1) is 13.2. The predicted octanol–water partition coefficient (Wildman–Crippen LogP) is 1.70. The van der Waals surface area contributed by atoms with Crippen molar-refractivity contribution in [3.05, 3.63) is 54.2 Å². The average Bonchev–Trinajstić information content (AvgIpc) is 3.16. The summed E-state index contributed by atoms with van der Waals surface area (Å²) < 4.78 is 6.90.